The number of aromatic nitrogens is 2. The van der Waals surface area contributed by atoms with Gasteiger partial charge in [0.25, 0.3) is 0 Å². The molecule has 0 radical (unpaired) electrons. The molecule has 1 heterocycles. The van der Waals surface area contributed by atoms with Crippen LogP contribution in [0, 0.1) is 0 Å². The highest BCUT2D eigenvalue weighted by Gasteiger charge is 2.19. The van der Waals surface area contributed by atoms with E-state index in [1.807, 2.05) is 31.6 Å². The standard InChI is InChI=1S/C13H12N2O/c1-15-8-11(7-14-15)9-2-4-12-10(6-9)3-5-13(12)16/h2,4,6-8H,3,5H2,1H3. The second-order valence-electron chi connectivity index (χ2n) is 4.20. The summed E-state index contributed by atoms with van der Waals surface area (Å²) >= 11 is 0. The average molecular weight is 212 g/mol. The third-order valence-corrected chi connectivity index (χ3v) is 3.07. The minimum Gasteiger partial charge on any atom is -0.294 e. The Bertz CT molecular complexity index is 569. The molecular formula is C13H12N2O. The van der Waals surface area contributed by atoms with Crippen LogP contribution in [0.3, 0.4) is 0 Å². The highest BCUT2D eigenvalue weighted by atomic mass is 16.1. The van der Waals surface area contributed by atoms with Crippen LogP contribution in [-0.2, 0) is 13.5 Å². The quantitative estimate of drug-likeness (QED) is 0.726. The maximum atomic E-state index is 11.5. The molecule has 2 aromatic rings. The number of nitrogens with zero attached hydrogens (tertiary/aromatic N) is 2. The minimum atomic E-state index is 0.271. The van der Waals surface area contributed by atoms with Crippen LogP contribution in [0.2, 0.25) is 0 Å². The lowest BCUT2D eigenvalue weighted by molar-refractivity contribution is 0.0994. The number of ketones is 1. The van der Waals surface area contributed by atoms with Gasteiger partial charge in [-0.3, -0.25) is 9.48 Å². The molecule has 3 heteroatoms. The number of hydrogen-bond donors (Lipinski definition) is 0. The van der Waals surface area contributed by atoms with Crippen molar-refractivity contribution in [2.24, 2.45) is 7.05 Å². The van der Waals surface area contributed by atoms with Crippen molar-refractivity contribution >= 4 is 5.78 Å². The second kappa shape index (κ2) is 3.30. The molecule has 0 N–H and O–H groups in total. The van der Waals surface area contributed by atoms with Gasteiger partial charge in [0, 0.05) is 30.8 Å². The van der Waals surface area contributed by atoms with Gasteiger partial charge in [-0.1, -0.05) is 18.2 Å². The van der Waals surface area contributed by atoms with Crippen LogP contribution in [0.5, 0.6) is 0 Å². The van der Waals surface area contributed by atoms with Gasteiger partial charge >= 0.3 is 0 Å². The SMILES string of the molecule is Cn1cc(-c2ccc3c(c2)CCC3=O)cn1. The van der Waals surface area contributed by atoms with E-state index >= 15 is 0 Å². The van der Waals surface area contributed by atoms with Crippen LogP contribution in [0.4, 0.5) is 0 Å². The Kier molecular flexibility index (Phi) is 1.93. The number of Topliss-reactive ketones (excluding diaryl/α,β-unsaturated/α-hetero) is 1. The fraction of sp³-hybridized carbons (Fsp3) is 0.231. The molecule has 0 amide bonds. The zero-order chi connectivity index (χ0) is 11.1. The summed E-state index contributed by atoms with van der Waals surface area (Å²) in [7, 11) is 1.90. The van der Waals surface area contributed by atoms with Crippen LogP contribution < -0.4 is 0 Å². The number of benzene rings is 1. The van der Waals surface area contributed by atoms with Gasteiger partial charge in [-0.2, -0.15) is 5.10 Å². The van der Waals surface area contributed by atoms with E-state index in [1.165, 1.54) is 5.56 Å². The Morgan fingerprint density at radius 1 is 1.25 bits per heavy atom. The van der Waals surface area contributed by atoms with E-state index < -0.39 is 0 Å². The Morgan fingerprint density at radius 2 is 2.12 bits per heavy atom. The molecule has 3 rings (SSSR count). The summed E-state index contributed by atoms with van der Waals surface area (Å²) in [6.07, 6.45) is 5.37. The molecule has 0 fully saturated rings. The molecule has 0 atom stereocenters. The molecule has 80 valence electrons. The Morgan fingerprint density at radius 3 is 2.88 bits per heavy atom. The molecular weight excluding hydrogens is 200 g/mol. The predicted octanol–water partition coefficient (Wildman–Crippen LogP) is 2.22. The van der Waals surface area contributed by atoms with E-state index in [9.17, 15) is 4.79 Å². The summed E-state index contributed by atoms with van der Waals surface area (Å²) < 4.78 is 1.79. The topological polar surface area (TPSA) is 34.9 Å². The summed E-state index contributed by atoms with van der Waals surface area (Å²) in [5.41, 5.74) is 4.31. The van der Waals surface area contributed by atoms with E-state index in [4.69, 9.17) is 0 Å². The van der Waals surface area contributed by atoms with E-state index in [1.54, 1.807) is 4.68 Å². The molecule has 1 aromatic carbocycles. The van der Waals surface area contributed by atoms with Crippen LogP contribution in [0.25, 0.3) is 11.1 Å². The van der Waals surface area contributed by atoms with Gasteiger partial charge in [-0.25, -0.2) is 0 Å². The summed E-state index contributed by atoms with van der Waals surface area (Å²) in [5.74, 6) is 0.271. The van der Waals surface area contributed by atoms with Crippen molar-refractivity contribution in [2.45, 2.75) is 12.8 Å². The Balaban J connectivity index is 2.08. The molecule has 0 aliphatic heterocycles. The Hall–Kier alpha value is -1.90. The zero-order valence-corrected chi connectivity index (χ0v) is 9.10. The third kappa shape index (κ3) is 1.36. The normalized spacial score (nSPS) is 14.2. The van der Waals surface area contributed by atoms with Crippen molar-refractivity contribution in [3.05, 3.63) is 41.7 Å². The highest BCUT2D eigenvalue weighted by molar-refractivity contribution is 6.00. The molecule has 0 unspecified atom stereocenters. The van der Waals surface area contributed by atoms with Crippen molar-refractivity contribution < 1.29 is 4.79 Å². The summed E-state index contributed by atoms with van der Waals surface area (Å²) in [6, 6.07) is 6.04. The van der Waals surface area contributed by atoms with E-state index in [-0.39, 0.29) is 5.78 Å². The fourth-order valence-corrected chi connectivity index (χ4v) is 2.21. The van der Waals surface area contributed by atoms with Crippen molar-refractivity contribution in [1.29, 1.82) is 0 Å². The van der Waals surface area contributed by atoms with Crippen LogP contribution in [-0.4, -0.2) is 15.6 Å². The van der Waals surface area contributed by atoms with Crippen molar-refractivity contribution in [2.75, 3.05) is 0 Å². The zero-order valence-electron chi connectivity index (χ0n) is 9.10. The first kappa shape index (κ1) is 9.33. The maximum Gasteiger partial charge on any atom is 0.163 e. The van der Waals surface area contributed by atoms with Gasteiger partial charge in [0.05, 0.1) is 6.20 Å². The lowest BCUT2D eigenvalue weighted by Gasteiger charge is -2.01. The number of fused-ring (bicyclic) bond motifs is 1. The van der Waals surface area contributed by atoms with Crippen LogP contribution >= 0.6 is 0 Å². The molecule has 3 nitrogen and oxygen atoms in total. The molecule has 1 aliphatic rings. The van der Waals surface area contributed by atoms with Crippen molar-refractivity contribution in [1.82, 2.24) is 9.78 Å². The van der Waals surface area contributed by atoms with Gasteiger partial charge in [-0.15, -0.1) is 0 Å². The van der Waals surface area contributed by atoms with Gasteiger partial charge in [-0.05, 0) is 17.5 Å². The molecule has 1 aliphatic carbocycles. The van der Waals surface area contributed by atoms with Crippen LogP contribution in [0.1, 0.15) is 22.3 Å². The monoisotopic (exact) mass is 212 g/mol. The molecule has 0 saturated carbocycles. The van der Waals surface area contributed by atoms with Gasteiger partial charge in [0.2, 0.25) is 0 Å². The number of hydrogen-bond acceptors (Lipinski definition) is 2. The third-order valence-electron chi connectivity index (χ3n) is 3.07. The maximum absolute atomic E-state index is 11.5. The lowest BCUT2D eigenvalue weighted by atomic mass is 10.0. The molecule has 0 bridgehead atoms. The number of rotatable bonds is 1. The highest BCUT2D eigenvalue weighted by Crippen LogP contribution is 2.27. The van der Waals surface area contributed by atoms with Gasteiger partial charge < -0.3 is 0 Å². The minimum absolute atomic E-state index is 0.271. The first-order valence-electron chi connectivity index (χ1n) is 5.39. The number of aryl methyl sites for hydroxylation is 2. The summed E-state index contributed by atoms with van der Waals surface area (Å²) in [4.78, 5) is 11.5. The van der Waals surface area contributed by atoms with Crippen molar-refractivity contribution in [3.8, 4) is 11.1 Å². The molecule has 1 aromatic heterocycles. The fourth-order valence-electron chi connectivity index (χ4n) is 2.21. The first-order chi connectivity index (χ1) is 7.74. The first-order valence-corrected chi connectivity index (χ1v) is 5.39. The summed E-state index contributed by atoms with van der Waals surface area (Å²) in [6.45, 7) is 0. The average Bonchev–Trinajstić information content (AvgIpc) is 2.86. The predicted molar refractivity (Wildman–Crippen MR) is 61.3 cm³/mol. The Labute approximate surface area is 93.7 Å². The summed E-state index contributed by atoms with van der Waals surface area (Å²) in [5, 5.41) is 4.15. The molecule has 0 spiro atoms. The van der Waals surface area contributed by atoms with E-state index in [0.29, 0.717) is 6.42 Å². The second-order valence-corrected chi connectivity index (χ2v) is 4.20. The molecule has 16 heavy (non-hydrogen) atoms. The van der Waals surface area contributed by atoms with Gasteiger partial charge in [0.1, 0.15) is 0 Å². The van der Waals surface area contributed by atoms with Crippen molar-refractivity contribution in [3.63, 3.8) is 0 Å². The largest absolute Gasteiger partial charge is 0.294 e. The van der Waals surface area contributed by atoms with Crippen LogP contribution in [0.15, 0.2) is 30.6 Å². The number of carbonyl (C=O) groups excluding carboxylic acids is 1. The molecule has 0 saturated heterocycles. The lowest BCUT2D eigenvalue weighted by Crippen LogP contribution is -1.90. The van der Waals surface area contributed by atoms with E-state index in [0.717, 1.165) is 23.1 Å². The smallest absolute Gasteiger partial charge is 0.163 e. The number of carbonyl (C=O) groups is 1. The van der Waals surface area contributed by atoms with Gasteiger partial charge in [0.15, 0.2) is 5.78 Å². The van der Waals surface area contributed by atoms with E-state index in [2.05, 4.69) is 11.2 Å².